The molecule has 1 aromatic heterocycles. The molecule has 0 spiro atoms. The number of ether oxygens (including phenoxy) is 1. The number of nitrogens with zero attached hydrogens (tertiary/aromatic N) is 2. The summed E-state index contributed by atoms with van der Waals surface area (Å²) in [6, 6.07) is 15.8. The third kappa shape index (κ3) is 4.26. The number of fused-ring (bicyclic) bond motifs is 1. The Labute approximate surface area is 157 Å². The van der Waals surface area contributed by atoms with Crippen molar-refractivity contribution >= 4 is 34.4 Å². The van der Waals surface area contributed by atoms with Crippen molar-refractivity contribution in [2.75, 3.05) is 17.7 Å². The molecule has 136 valence electrons. The minimum absolute atomic E-state index is 0.0475. The number of rotatable bonds is 8. The van der Waals surface area contributed by atoms with Gasteiger partial charge < -0.3 is 14.6 Å². The van der Waals surface area contributed by atoms with Gasteiger partial charge in [0.1, 0.15) is 0 Å². The van der Waals surface area contributed by atoms with Gasteiger partial charge >= 0.3 is 0 Å². The summed E-state index contributed by atoms with van der Waals surface area (Å²) in [4.78, 5) is 17.1. The van der Waals surface area contributed by atoms with Crippen LogP contribution in [0, 0.1) is 0 Å². The molecular weight excluding hydrogens is 346 g/mol. The number of hydrogen-bond donors (Lipinski definition) is 1. The number of anilines is 1. The van der Waals surface area contributed by atoms with Gasteiger partial charge in [-0.1, -0.05) is 42.1 Å². The van der Waals surface area contributed by atoms with Crippen molar-refractivity contribution in [1.82, 2.24) is 9.55 Å². The molecule has 0 unspecified atom stereocenters. The van der Waals surface area contributed by atoms with E-state index in [0.29, 0.717) is 19.0 Å². The minimum Gasteiger partial charge on any atom is -0.377 e. The normalized spacial score (nSPS) is 11.0. The van der Waals surface area contributed by atoms with Crippen molar-refractivity contribution in [1.29, 1.82) is 0 Å². The molecule has 0 saturated heterocycles. The lowest BCUT2D eigenvalue weighted by molar-refractivity contribution is -0.113. The maximum atomic E-state index is 12.4. The number of aromatic nitrogens is 2. The van der Waals surface area contributed by atoms with Crippen LogP contribution in [0.1, 0.15) is 19.4 Å². The fourth-order valence-electron chi connectivity index (χ4n) is 2.77. The maximum absolute atomic E-state index is 12.4. The monoisotopic (exact) mass is 369 g/mol. The van der Waals surface area contributed by atoms with Gasteiger partial charge in [-0.15, -0.1) is 0 Å². The number of imidazole rings is 1. The second kappa shape index (κ2) is 8.87. The van der Waals surface area contributed by atoms with Gasteiger partial charge in [0.25, 0.3) is 0 Å². The van der Waals surface area contributed by atoms with Crippen LogP contribution in [0.5, 0.6) is 0 Å². The molecular formula is C20H23N3O2S. The minimum atomic E-state index is -0.0475. The predicted molar refractivity (Wildman–Crippen MR) is 107 cm³/mol. The number of amides is 1. The fraction of sp³-hybridized carbons (Fsp3) is 0.300. The van der Waals surface area contributed by atoms with Gasteiger partial charge in [-0.05, 0) is 32.0 Å². The van der Waals surface area contributed by atoms with Crippen LogP contribution in [0.15, 0.2) is 53.7 Å². The van der Waals surface area contributed by atoms with Gasteiger partial charge in [-0.2, -0.15) is 0 Å². The number of hydrogen-bond acceptors (Lipinski definition) is 4. The van der Waals surface area contributed by atoms with Crippen LogP contribution in [-0.2, 0) is 22.7 Å². The first kappa shape index (κ1) is 18.5. The average molecular weight is 369 g/mol. The predicted octanol–water partition coefficient (Wildman–Crippen LogP) is 4.32. The van der Waals surface area contributed by atoms with Crippen LogP contribution < -0.4 is 5.32 Å². The molecule has 0 atom stereocenters. The SMILES string of the molecule is CCOCc1ccccc1NC(=O)CSc1nc2ccccc2n1CC. The third-order valence-corrected chi connectivity index (χ3v) is 5.00. The van der Waals surface area contributed by atoms with Crippen molar-refractivity contribution in [2.24, 2.45) is 0 Å². The third-order valence-electron chi connectivity index (χ3n) is 4.02. The van der Waals surface area contributed by atoms with Gasteiger partial charge in [0.15, 0.2) is 5.16 Å². The first-order valence-corrected chi connectivity index (χ1v) is 9.75. The van der Waals surface area contributed by atoms with Crippen molar-refractivity contribution < 1.29 is 9.53 Å². The van der Waals surface area contributed by atoms with E-state index in [4.69, 9.17) is 4.74 Å². The number of para-hydroxylation sites is 3. The smallest absolute Gasteiger partial charge is 0.234 e. The lowest BCUT2D eigenvalue weighted by Gasteiger charge is -2.11. The maximum Gasteiger partial charge on any atom is 0.234 e. The Kier molecular flexibility index (Phi) is 6.30. The molecule has 0 aliphatic rings. The summed E-state index contributed by atoms with van der Waals surface area (Å²) in [6.07, 6.45) is 0. The molecule has 1 amide bonds. The molecule has 0 radical (unpaired) electrons. The molecule has 26 heavy (non-hydrogen) atoms. The van der Waals surface area contributed by atoms with Crippen LogP contribution in [0.3, 0.4) is 0 Å². The Morgan fingerprint density at radius 2 is 1.92 bits per heavy atom. The number of nitrogens with one attached hydrogen (secondary N) is 1. The first-order chi connectivity index (χ1) is 12.7. The summed E-state index contributed by atoms with van der Waals surface area (Å²) >= 11 is 1.46. The second-order valence-corrected chi connectivity index (χ2v) is 6.70. The van der Waals surface area contributed by atoms with Crippen molar-refractivity contribution in [3.8, 4) is 0 Å². The molecule has 2 aromatic carbocycles. The van der Waals surface area contributed by atoms with E-state index >= 15 is 0 Å². The van der Waals surface area contributed by atoms with Crippen molar-refractivity contribution in [3.63, 3.8) is 0 Å². The van der Waals surface area contributed by atoms with Gasteiger partial charge in [0, 0.05) is 24.4 Å². The number of carbonyl (C=O) groups is 1. The van der Waals surface area contributed by atoms with E-state index in [1.54, 1.807) is 0 Å². The van der Waals surface area contributed by atoms with Gasteiger partial charge in [0.05, 0.1) is 23.4 Å². The van der Waals surface area contributed by atoms with Crippen LogP contribution in [-0.4, -0.2) is 27.8 Å². The molecule has 5 nitrogen and oxygen atoms in total. The summed E-state index contributed by atoms with van der Waals surface area (Å²) < 4.78 is 7.60. The molecule has 0 saturated carbocycles. The first-order valence-electron chi connectivity index (χ1n) is 8.76. The number of thioether (sulfide) groups is 1. The molecule has 6 heteroatoms. The Balaban J connectivity index is 1.67. The largest absolute Gasteiger partial charge is 0.377 e. The zero-order chi connectivity index (χ0) is 18.4. The molecule has 1 N–H and O–H groups in total. The molecule has 3 aromatic rings. The number of carbonyl (C=O) groups excluding carboxylic acids is 1. The average Bonchev–Trinajstić information content (AvgIpc) is 3.03. The highest BCUT2D eigenvalue weighted by Gasteiger charge is 2.12. The zero-order valence-electron chi connectivity index (χ0n) is 15.1. The Bertz CT molecular complexity index is 892. The standard InChI is InChI=1S/C20H23N3O2S/c1-3-23-18-12-8-7-11-17(18)22-20(23)26-14-19(24)21-16-10-6-5-9-15(16)13-25-4-2/h5-12H,3-4,13-14H2,1-2H3,(H,21,24). The molecule has 0 bridgehead atoms. The highest BCUT2D eigenvalue weighted by atomic mass is 32.2. The summed E-state index contributed by atoms with van der Waals surface area (Å²) in [7, 11) is 0. The van der Waals surface area contributed by atoms with Crippen LogP contribution in [0.2, 0.25) is 0 Å². The molecule has 0 aliphatic heterocycles. The van der Waals surface area contributed by atoms with Crippen LogP contribution >= 0.6 is 11.8 Å². The highest BCUT2D eigenvalue weighted by Crippen LogP contribution is 2.24. The van der Waals surface area contributed by atoms with Crippen LogP contribution in [0.25, 0.3) is 11.0 Å². The van der Waals surface area contributed by atoms with E-state index < -0.39 is 0 Å². The van der Waals surface area contributed by atoms with Gasteiger partial charge in [0.2, 0.25) is 5.91 Å². The summed E-state index contributed by atoms with van der Waals surface area (Å²) in [5.41, 5.74) is 3.84. The molecule has 1 heterocycles. The van der Waals surface area contributed by atoms with E-state index in [1.165, 1.54) is 11.8 Å². The van der Waals surface area contributed by atoms with E-state index in [-0.39, 0.29) is 5.91 Å². The molecule has 0 aliphatic carbocycles. The highest BCUT2D eigenvalue weighted by molar-refractivity contribution is 7.99. The van der Waals surface area contributed by atoms with Crippen molar-refractivity contribution in [3.05, 3.63) is 54.1 Å². The zero-order valence-corrected chi connectivity index (χ0v) is 15.9. The number of aryl methyl sites for hydroxylation is 1. The molecule has 3 rings (SSSR count). The van der Waals surface area contributed by atoms with Gasteiger partial charge in [-0.25, -0.2) is 4.98 Å². The van der Waals surface area contributed by atoms with Crippen LogP contribution in [0.4, 0.5) is 5.69 Å². The van der Waals surface area contributed by atoms with Gasteiger partial charge in [-0.3, -0.25) is 4.79 Å². The fourth-order valence-corrected chi connectivity index (χ4v) is 3.64. The van der Waals surface area contributed by atoms with Crippen molar-refractivity contribution in [2.45, 2.75) is 32.2 Å². The Morgan fingerprint density at radius 1 is 1.15 bits per heavy atom. The summed E-state index contributed by atoms with van der Waals surface area (Å²) in [6.45, 7) is 6.00. The van der Waals surface area contributed by atoms with E-state index in [9.17, 15) is 4.79 Å². The summed E-state index contributed by atoms with van der Waals surface area (Å²) in [5.74, 6) is 0.264. The lowest BCUT2D eigenvalue weighted by atomic mass is 10.2. The quantitative estimate of drug-likeness (QED) is 0.601. The summed E-state index contributed by atoms with van der Waals surface area (Å²) in [5, 5.41) is 3.85. The Hall–Kier alpha value is -2.31. The Morgan fingerprint density at radius 3 is 2.73 bits per heavy atom. The lowest BCUT2D eigenvalue weighted by Crippen LogP contribution is -2.16. The van der Waals surface area contributed by atoms with E-state index in [2.05, 4.69) is 27.9 Å². The second-order valence-electron chi connectivity index (χ2n) is 5.76. The topological polar surface area (TPSA) is 56.1 Å². The number of benzene rings is 2. The molecule has 0 fully saturated rings. The van der Waals surface area contributed by atoms with E-state index in [0.717, 1.165) is 34.0 Å². The van der Waals surface area contributed by atoms with E-state index in [1.807, 2.05) is 49.4 Å².